The highest BCUT2D eigenvalue weighted by Crippen LogP contribution is 2.41. The van der Waals surface area contributed by atoms with Crippen LogP contribution in [0.3, 0.4) is 0 Å². The summed E-state index contributed by atoms with van der Waals surface area (Å²) >= 11 is 0. The number of hydrogen-bond donors (Lipinski definition) is 1. The maximum Gasteiger partial charge on any atom is 0.461 e. The van der Waals surface area contributed by atoms with Gasteiger partial charge in [-0.2, -0.15) is 0 Å². The summed E-state index contributed by atoms with van der Waals surface area (Å²) in [6.45, 7) is 2.58. The monoisotopic (exact) mass is 324 g/mol. The Morgan fingerprint density at radius 3 is 1.65 bits per heavy atom. The minimum absolute atomic E-state index is 0.230. The van der Waals surface area contributed by atoms with Crippen molar-refractivity contribution >= 4 is 18.3 Å². The smallest absolute Gasteiger partial charge is 0.342 e. The van der Waals surface area contributed by atoms with Crippen molar-refractivity contribution in [3.05, 3.63) is 0 Å². The van der Waals surface area contributed by atoms with Crippen LogP contribution in [0.4, 0.5) is 0 Å². The summed E-state index contributed by atoms with van der Waals surface area (Å²) in [6.07, 6.45) is 15.3. The maximum atomic E-state index is 11.0. The van der Waals surface area contributed by atoms with E-state index in [0.717, 1.165) is 12.8 Å². The van der Waals surface area contributed by atoms with Crippen LogP contribution < -0.4 is 0 Å². The van der Waals surface area contributed by atoms with Crippen molar-refractivity contribution in [3.63, 3.8) is 0 Å². The number of hydrogen-bond acceptors (Lipinski definition) is 3. The third kappa shape index (κ3) is 14.7. The van der Waals surface area contributed by atoms with Gasteiger partial charge < -0.3 is 9.11 Å². The molecule has 0 saturated carbocycles. The van der Waals surface area contributed by atoms with Gasteiger partial charge in [0, 0.05) is 0 Å². The second-order valence-electron chi connectivity index (χ2n) is 5.37. The fraction of sp³-hybridized carbons (Fsp3) is 1.00. The minimum atomic E-state index is -3.69. The molecule has 0 fully saturated rings. The highest BCUT2D eigenvalue weighted by Gasteiger charge is 2.16. The molecule has 0 radical (unpaired) electrons. The first-order valence-corrected chi connectivity index (χ1v) is 10.5. The zero-order valence-corrected chi connectivity index (χ0v) is 16.2. The summed E-state index contributed by atoms with van der Waals surface area (Å²) in [5.74, 6) is 0. The van der Waals surface area contributed by atoms with Crippen LogP contribution in [0.1, 0.15) is 84.0 Å². The maximum absolute atomic E-state index is 11.0. The standard InChI is InChI=1S/C14H33O4PSi/c1-2-3-4-5-6-7-8-9-10-11-12-13-14-17-19(15,16)18-20/h2-14H2,1,20H3,(H,15,16). The summed E-state index contributed by atoms with van der Waals surface area (Å²) in [5.41, 5.74) is 0. The molecule has 0 aliphatic carbocycles. The topological polar surface area (TPSA) is 55.8 Å². The molecule has 1 N–H and O–H groups in total. The van der Waals surface area contributed by atoms with Crippen LogP contribution in [0.5, 0.6) is 0 Å². The van der Waals surface area contributed by atoms with Gasteiger partial charge in [0.1, 0.15) is 0 Å². The van der Waals surface area contributed by atoms with Crippen LogP contribution in [-0.2, 0) is 13.3 Å². The Hall–Kier alpha value is 0.327. The second-order valence-corrected chi connectivity index (χ2v) is 8.03. The quantitative estimate of drug-likeness (QED) is 0.280. The van der Waals surface area contributed by atoms with Crippen LogP contribution in [0.2, 0.25) is 0 Å². The zero-order chi connectivity index (χ0) is 15.1. The van der Waals surface area contributed by atoms with Crippen molar-refractivity contribution in [1.29, 1.82) is 0 Å². The van der Waals surface area contributed by atoms with Gasteiger partial charge in [-0.25, -0.2) is 4.57 Å². The Kier molecular flexibility index (Phi) is 14.5. The molecule has 0 heterocycles. The molecule has 0 spiro atoms. The molecule has 0 aromatic carbocycles. The predicted octanol–water partition coefficient (Wildman–Crippen LogP) is 4.10. The Balaban J connectivity index is 3.08. The summed E-state index contributed by atoms with van der Waals surface area (Å²) in [5, 5.41) is 0. The van der Waals surface area contributed by atoms with E-state index in [-0.39, 0.29) is 10.5 Å². The summed E-state index contributed by atoms with van der Waals surface area (Å²) in [7, 11) is -3.46. The molecule has 0 saturated heterocycles. The second kappa shape index (κ2) is 14.3. The number of phosphoric acid groups is 1. The highest BCUT2D eigenvalue weighted by molar-refractivity contribution is 7.48. The van der Waals surface area contributed by atoms with E-state index in [2.05, 4.69) is 11.1 Å². The van der Waals surface area contributed by atoms with Gasteiger partial charge in [0.15, 0.2) is 10.5 Å². The van der Waals surface area contributed by atoms with E-state index in [1.165, 1.54) is 64.2 Å². The Morgan fingerprint density at radius 1 is 0.850 bits per heavy atom. The summed E-state index contributed by atoms with van der Waals surface area (Å²) in [6, 6.07) is 0. The average Bonchev–Trinajstić information content (AvgIpc) is 2.44. The van der Waals surface area contributed by atoms with Crippen molar-refractivity contribution in [2.24, 2.45) is 0 Å². The fourth-order valence-electron chi connectivity index (χ4n) is 2.18. The predicted molar refractivity (Wildman–Crippen MR) is 87.9 cm³/mol. The van der Waals surface area contributed by atoms with Crippen molar-refractivity contribution in [3.8, 4) is 0 Å². The molecule has 0 aromatic rings. The van der Waals surface area contributed by atoms with Crippen LogP contribution in [0, 0.1) is 0 Å². The van der Waals surface area contributed by atoms with E-state index in [9.17, 15) is 4.57 Å². The van der Waals surface area contributed by atoms with Crippen LogP contribution >= 0.6 is 7.82 Å². The first-order chi connectivity index (χ1) is 9.62. The summed E-state index contributed by atoms with van der Waals surface area (Å²) in [4.78, 5) is 9.05. The van der Waals surface area contributed by atoms with E-state index < -0.39 is 7.82 Å². The van der Waals surface area contributed by atoms with Gasteiger partial charge in [-0.15, -0.1) is 0 Å². The van der Waals surface area contributed by atoms with Crippen molar-refractivity contribution < 1.29 is 18.2 Å². The number of unbranched alkanes of at least 4 members (excludes halogenated alkanes) is 11. The largest absolute Gasteiger partial charge is 0.461 e. The number of phosphoric ester groups is 1. The van der Waals surface area contributed by atoms with E-state index >= 15 is 0 Å². The van der Waals surface area contributed by atoms with Gasteiger partial charge in [0.05, 0.1) is 6.61 Å². The third-order valence-corrected chi connectivity index (χ3v) is 5.84. The SMILES string of the molecule is CCCCCCCCCCCCCCOP(=O)(O)O[SiH3]. The molecule has 20 heavy (non-hydrogen) atoms. The van der Waals surface area contributed by atoms with Crippen molar-refractivity contribution in [2.75, 3.05) is 6.61 Å². The molecule has 0 rings (SSSR count). The van der Waals surface area contributed by atoms with Crippen LogP contribution in [0.25, 0.3) is 0 Å². The first-order valence-electron chi connectivity index (χ1n) is 8.15. The molecular weight excluding hydrogens is 291 g/mol. The molecule has 0 aromatic heterocycles. The molecule has 6 heteroatoms. The van der Waals surface area contributed by atoms with Gasteiger partial charge in [-0.1, -0.05) is 77.6 Å². The van der Waals surface area contributed by atoms with E-state index in [4.69, 9.17) is 9.42 Å². The Morgan fingerprint density at radius 2 is 1.25 bits per heavy atom. The van der Waals surface area contributed by atoms with E-state index in [1.807, 2.05) is 0 Å². The lowest BCUT2D eigenvalue weighted by Gasteiger charge is -2.09. The molecule has 1 unspecified atom stereocenters. The minimum Gasteiger partial charge on any atom is -0.342 e. The molecule has 0 aliphatic rings. The van der Waals surface area contributed by atoms with E-state index in [0.29, 0.717) is 6.61 Å². The molecule has 0 bridgehead atoms. The van der Waals surface area contributed by atoms with Gasteiger partial charge >= 0.3 is 7.82 Å². The average molecular weight is 324 g/mol. The van der Waals surface area contributed by atoms with Crippen LogP contribution in [0.15, 0.2) is 0 Å². The highest BCUT2D eigenvalue weighted by atomic mass is 31.2. The van der Waals surface area contributed by atoms with E-state index in [1.54, 1.807) is 0 Å². The molecule has 122 valence electrons. The third-order valence-electron chi connectivity index (χ3n) is 3.48. The lowest BCUT2D eigenvalue weighted by atomic mass is 10.1. The van der Waals surface area contributed by atoms with Gasteiger partial charge in [-0.3, -0.25) is 4.52 Å². The van der Waals surface area contributed by atoms with Gasteiger partial charge in [0.25, 0.3) is 0 Å². The molecule has 4 nitrogen and oxygen atoms in total. The number of rotatable bonds is 15. The Labute approximate surface area is 127 Å². The normalized spacial score (nSPS) is 14.5. The molecule has 0 amide bonds. The Bertz CT molecular complexity index is 251. The van der Waals surface area contributed by atoms with Crippen LogP contribution in [-0.4, -0.2) is 22.0 Å². The molecule has 0 aliphatic heterocycles. The van der Waals surface area contributed by atoms with Gasteiger partial charge in [0.2, 0.25) is 0 Å². The summed E-state index contributed by atoms with van der Waals surface area (Å²) < 4.78 is 20.3. The molecule has 1 atom stereocenters. The first kappa shape index (κ1) is 20.3. The fourth-order valence-corrected chi connectivity index (χ4v) is 2.96. The van der Waals surface area contributed by atoms with Gasteiger partial charge in [-0.05, 0) is 6.42 Å². The lowest BCUT2D eigenvalue weighted by Crippen LogP contribution is -1.95. The zero-order valence-electron chi connectivity index (χ0n) is 13.3. The lowest BCUT2D eigenvalue weighted by molar-refractivity contribution is 0.203. The van der Waals surface area contributed by atoms with Crippen molar-refractivity contribution in [1.82, 2.24) is 0 Å². The van der Waals surface area contributed by atoms with Crippen molar-refractivity contribution in [2.45, 2.75) is 84.0 Å². The molecular formula is C14H33O4PSi.